The summed E-state index contributed by atoms with van der Waals surface area (Å²) in [5.74, 6) is 0.583. The molecule has 1 aliphatic rings. The fourth-order valence-electron chi connectivity index (χ4n) is 5.71. The maximum Gasteiger partial charge on any atom is 0.259 e. The predicted octanol–water partition coefficient (Wildman–Crippen LogP) is 5.96. The lowest BCUT2D eigenvalue weighted by atomic mass is 10.1. The van der Waals surface area contributed by atoms with Gasteiger partial charge < -0.3 is 29.5 Å². The van der Waals surface area contributed by atoms with Crippen LogP contribution in [0.5, 0.6) is 11.5 Å². The Labute approximate surface area is 289 Å². The van der Waals surface area contributed by atoms with Crippen molar-refractivity contribution >= 4 is 50.7 Å². The summed E-state index contributed by atoms with van der Waals surface area (Å²) < 4.78 is 14.3. The molecule has 0 atom stereocenters. The van der Waals surface area contributed by atoms with Crippen LogP contribution in [0.1, 0.15) is 57.7 Å². The second-order valence-corrected chi connectivity index (χ2v) is 12.9. The highest BCUT2D eigenvalue weighted by Crippen LogP contribution is 2.32. The molecule has 4 aromatic rings. The van der Waals surface area contributed by atoms with Crippen LogP contribution in [0, 0.1) is 13.8 Å². The lowest BCUT2D eigenvalue weighted by Gasteiger charge is -2.32. The third-order valence-corrected chi connectivity index (χ3v) is 9.58. The Hall–Kier alpha value is -4.42. The van der Waals surface area contributed by atoms with E-state index in [0.717, 1.165) is 61.3 Å². The summed E-state index contributed by atoms with van der Waals surface area (Å²) in [5.41, 5.74) is 4.17. The number of carbonyl (C=O) groups is 3. The first-order valence-corrected chi connectivity index (χ1v) is 17.0. The van der Waals surface area contributed by atoms with Gasteiger partial charge in [-0.3, -0.25) is 18.8 Å². The third-order valence-electron chi connectivity index (χ3n) is 8.62. The second-order valence-electron chi connectivity index (χ2n) is 12.2. The minimum absolute atomic E-state index is 0.229. The quantitative estimate of drug-likeness (QED) is 0.180. The predicted molar refractivity (Wildman–Crippen MR) is 191 cm³/mol. The summed E-state index contributed by atoms with van der Waals surface area (Å²) in [7, 11) is 5.28. The fourth-order valence-corrected chi connectivity index (χ4v) is 6.09. The molecule has 1 N–H and O–H groups in total. The number of pyridine rings is 1. The van der Waals surface area contributed by atoms with Crippen LogP contribution in [0.4, 0.5) is 11.4 Å². The zero-order chi connectivity index (χ0) is 34.4. The number of likely N-dealkylation sites (N-methyl/N-ethyl adjacent to an activating group) is 1. The molecule has 0 radical (unpaired) electrons. The van der Waals surface area contributed by atoms with Gasteiger partial charge in [-0.1, -0.05) is 6.07 Å². The van der Waals surface area contributed by atoms with Crippen molar-refractivity contribution in [3.8, 4) is 11.5 Å². The van der Waals surface area contributed by atoms with Crippen LogP contribution < -0.4 is 19.7 Å². The summed E-state index contributed by atoms with van der Waals surface area (Å²) in [6, 6.07) is 14.2. The number of imidazole rings is 1. The van der Waals surface area contributed by atoms with E-state index < -0.39 is 0 Å². The highest BCUT2D eigenvalue weighted by Gasteiger charge is 2.22. The van der Waals surface area contributed by atoms with Crippen molar-refractivity contribution in [3.05, 3.63) is 81.7 Å². The smallest absolute Gasteiger partial charge is 0.259 e. The number of rotatable bonds is 12. The molecule has 3 amide bonds. The summed E-state index contributed by atoms with van der Waals surface area (Å²) in [6.45, 7) is 7.78. The number of methoxy groups -OCH3 is 1. The average molecular weight is 720 g/mol. The van der Waals surface area contributed by atoms with Crippen molar-refractivity contribution in [2.75, 3.05) is 64.2 Å². The van der Waals surface area contributed by atoms with Crippen LogP contribution in [0.2, 0.25) is 0 Å². The van der Waals surface area contributed by atoms with Gasteiger partial charge in [-0.15, -0.1) is 0 Å². The summed E-state index contributed by atoms with van der Waals surface area (Å²) >= 11 is 3.51. The lowest BCUT2D eigenvalue weighted by molar-refractivity contribution is -0.132. The molecular weight excluding hydrogens is 676 g/mol. The number of piperazine rings is 1. The number of nitrogens with zero attached hydrogens (tertiary/aromatic N) is 5. The first kappa shape index (κ1) is 34.9. The summed E-state index contributed by atoms with van der Waals surface area (Å²) in [4.78, 5) is 49.8. The third kappa shape index (κ3) is 7.99. The minimum Gasteiger partial charge on any atom is -0.495 e. The van der Waals surface area contributed by atoms with Crippen LogP contribution in [0.15, 0.2) is 59.3 Å². The van der Waals surface area contributed by atoms with Crippen molar-refractivity contribution in [2.24, 2.45) is 0 Å². The highest BCUT2D eigenvalue weighted by molar-refractivity contribution is 9.10. The zero-order valence-electron chi connectivity index (χ0n) is 28.2. The van der Waals surface area contributed by atoms with Crippen molar-refractivity contribution in [2.45, 2.75) is 39.5 Å². The minimum atomic E-state index is -0.351. The van der Waals surface area contributed by atoms with Gasteiger partial charge >= 0.3 is 0 Å². The van der Waals surface area contributed by atoms with Crippen LogP contribution >= 0.6 is 15.9 Å². The van der Waals surface area contributed by atoms with Gasteiger partial charge in [-0.2, -0.15) is 0 Å². The topological polar surface area (TPSA) is 109 Å². The molecule has 48 heavy (non-hydrogen) atoms. The number of aryl methyl sites for hydroxylation is 2. The van der Waals surface area contributed by atoms with Gasteiger partial charge in [0, 0.05) is 51.4 Å². The first-order chi connectivity index (χ1) is 23.1. The number of nitrogens with one attached hydrogen (secondary N) is 1. The van der Waals surface area contributed by atoms with Gasteiger partial charge in [-0.25, -0.2) is 4.98 Å². The van der Waals surface area contributed by atoms with Gasteiger partial charge in [0.2, 0.25) is 5.91 Å². The van der Waals surface area contributed by atoms with Gasteiger partial charge in [0.05, 0.1) is 36.3 Å². The van der Waals surface area contributed by atoms with Crippen LogP contribution in [0.25, 0.3) is 5.65 Å². The van der Waals surface area contributed by atoms with E-state index in [-0.39, 0.29) is 17.7 Å². The molecule has 0 aliphatic carbocycles. The van der Waals surface area contributed by atoms with E-state index in [2.05, 4.69) is 38.2 Å². The molecule has 1 aliphatic heterocycles. The fraction of sp³-hybridized carbons (Fsp3) is 0.389. The Morgan fingerprint density at radius 2 is 1.75 bits per heavy atom. The molecule has 2 aromatic heterocycles. The van der Waals surface area contributed by atoms with Gasteiger partial charge in [0.25, 0.3) is 11.8 Å². The number of hydrogen-bond acceptors (Lipinski definition) is 7. The molecule has 2 aromatic carbocycles. The molecule has 5 rings (SSSR count). The zero-order valence-corrected chi connectivity index (χ0v) is 29.8. The summed E-state index contributed by atoms with van der Waals surface area (Å²) in [6.07, 6.45) is 4.89. The lowest BCUT2D eigenvalue weighted by Crippen LogP contribution is -2.47. The molecule has 0 saturated carbocycles. The van der Waals surface area contributed by atoms with E-state index in [1.807, 2.05) is 43.1 Å². The number of fused-ring (bicyclic) bond motifs is 1. The molecule has 3 heterocycles. The van der Waals surface area contributed by atoms with Crippen molar-refractivity contribution in [1.82, 2.24) is 19.2 Å². The van der Waals surface area contributed by atoms with Gasteiger partial charge in [-0.05, 0) is 104 Å². The standard InChI is InChI=1S/C36H43BrN6O5/c1-24-12-15-29(31(22-24)48-21-8-6-7-11-32(44)42-19-17-40(3)18-20-42)41(4)36(46)26-13-14-28(30(23-26)47-5)39-35(45)27-10-9-16-43-33(37)25(2)38-34(27)43/h9-10,12-16,22-23H,6-8,11,17-21H2,1-5H3,(H,39,45). The number of hydrogen-bond donors (Lipinski definition) is 1. The normalized spacial score (nSPS) is 13.4. The van der Waals surface area contributed by atoms with E-state index in [0.29, 0.717) is 52.7 Å². The molecule has 1 saturated heterocycles. The molecular formula is C36H43BrN6O5. The van der Waals surface area contributed by atoms with Gasteiger partial charge in [0.1, 0.15) is 16.1 Å². The Morgan fingerprint density at radius 3 is 2.50 bits per heavy atom. The molecule has 0 bridgehead atoms. The van der Waals surface area contributed by atoms with E-state index in [9.17, 15) is 14.4 Å². The number of carbonyl (C=O) groups excluding carboxylic acids is 3. The van der Waals surface area contributed by atoms with Crippen LogP contribution in [-0.2, 0) is 4.79 Å². The highest BCUT2D eigenvalue weighted by atomic mass is 79.9. The summed E-state index contributed by atoms with van der Waals surface area (Å²) in [5, 5.41) is 2.90. The molecule has 254 valence electrons. The number of ether oxygens (including phenoxy) is 2. The SMILES string of the molecule is COc1cc(C(=O)N(C)c2ccc(C)cc2OCCCCCC(=O)N2CCN(C)CC2)ccc1NC(=O)c1cccn2c(Br)c(C)nc12. The molecule has 0 spiro atoms. The van der Waals surface area contributed by atoms with E-state index in [4.69, 9.17) is 9.47 Å². The number of halogens is 1. The van der Waals surface area contributed by atoms with Crippen molar-refractivity contribution < 1.29 is 23.9 Å². The maximum atomic E-state index is 13.7. The average Bonchev–Trinajstić information content (AvgIpc) is 3.38. The number of anilines is 2. The Balaban J connectivity index is 1.20. The van der Waals surface area contributed by atoms with Crippen molar-refractivity contribution in [3.63, 3.8) is 0 Å². The number of benzene rings is 2. The Bertz CT molecular complexity index is 1800. The second kappa shape index (κ2) is 15.7. The molecule has 12 heteroatoms. The van der Waals surface area contributed by atoms with Gasteiger partial charge in [0.15, 0.2) is 5.65 Å². The molecule has 0 unspecified atom stereocenters. The van der Waals surface area contributed by atoms with Crippen molar-refractivity contribution in [1.29, 1.82) is 0 Å². The maximum absolute atomic E-state index is 13.7. The van der Waals surface area contributed by atoms with E-state index >= 15 is 0 Å². The Kier molecular flexibility index (Phi) is 11.4. The van der Waals surface area contributed by atoms with Crippen LogP contribution in [0.3, 0.4) is 0 Å². The van der Waals surface area contributed by atoms with E-state index in [1.54, 1.807) is 46.7 Å². The number of unbranched alkanes of at least 4 members (excludes halogenated alkanes) is 2. The largest absolute Gasteiger partial charge is 0.495 e. The molecule has 11 nitrogen and oxygen atoms in total. The van der Waals surface area contributed by atoms with E-state index in [1.165, 1.54) is 7.11 Å². The molecule has 1 fully saturated rings. The Morgan fingerprint density at radius 1 is 0.979 bits per heavy atom. The number of amides is 3. The first-order valence-electron chi connectivity index (χ1n) is 16.2. The monoisotopic (exact) mass is 718 g/mol. The van der Waals surface area contributed by atoms with Crippen LogP contribution in [-0.4, -0.2) is 90.9 Å². The number of aromatic nitrogens is 2.